The zero-order valence-electron chi connectivity index (χ0n) is 11.2. The monoisotopic (exact) mass is 245 g/mol. The summed E-state index contributed by atoms with van der Waals surface area (Å²) in [5.41, 5.74) is 0.574. The number of likely N-dealkylation sites (tertiary alicyclic amines) is 1. The van der Waals surface area contributed by atoms with Crippen LogP contribution in [0.15, 0.2) is 30.3 Å². The van der Waals surface area contributed by atoms with Crippen molar-refractivity contribution < 1.29 is 5.11 Å². The molecule has 1 atom stereocenters. The summed E-state index contributed by atoms with van der Waals surface area (Å²) < 4.78 is 0. The normalized spacial score (nSPS) is 25.9. The first-order chi connectivity index (χ1) is 8.71. The maximum atomic E-state index is 11.3. The Morgan fingerprint density at radius 1 is 1.00 bits per heavy atom. The van der Waals surface area contributed by atoms with Gasteiger partial charge in [0.05, 0.1) is 5.60 Å². The predicted octanol–water partition coefficient (Wildman–Crippen LogP) is 2.63. The van der Waals surface area contributed by atoms with Crippen molar-refractivity contribution >= 4 is 0 Å². The van der Waals surface area contributed by atoms with Crippen molar-refractivity contribution in [3.05, 3.63) is 35.9 Å². The molecule has 1 saturated heterocycles. The fourth-order valence-corrected chi connectivity index (χ4v) is 3.48. The van der Waals surface area contributed by atoms with Gasteiger partial charge in [0.25, 0.3) is 0 Å². The van der Waals surface area contributed by atoms with E-state index in [0.29, 0.717) is 11.8 Å². The van der Waals surface area contributed by atoms with Gasteiger partial charge in [-0.15, -0.1) is 0 Å². The molecule has 3 rings (SSSR count). The minimum absolute atomic E-state index is 0.434. The van der Waals surface area contributed by atoms with Crippen molar-refractivity contribution in [3.8, 4) is 0 Å². The fourth-order valence-electron chi connectivity index (χ4n) is 3.48. The molecule has 0 spiro atoms. The summed E-state index contributed by atoms with van der Waals surface area (Å²) in [6.07, 6.45) is 4.63. The van der Waals surface area contributed by atoms with Gasteiger partial charge < -0.3 is 10.0 Å². The van der Waals surface area contributed by atoms with Crippen molar-refractivity contribution in [1.82, 2.24) is 4.90 Å². The van der Waals surface area contributed by atoms with Gasteiger partial charge in [-0.3, -0.25) is 0 Å². The average Bonchev–Trinajstić information content (AvgIpc) is 3.24. The molecular formula is C16H23NO. The van der Waals surface area contributed by atoms with Crippen LogP contribution in [0.4, 0.5) is 0 Å². The molecule has 18 heavy (non-hydrogen) atoms. The van der Waals surface area contributed by atoms with Crippen LogP contribution in [0.1, 0.15) is 31.2 Å². The van der Waals surface area contributed by atoms with E-state index in [1.807, 2.05) is 6.07 Å². The van der Waals surface area contributed by atoms with E-state index in [1.54, 1.807) is 0 Å². The Kier molecular flexibility index (Phi) is 3.16. The highest BCUT2D eigenvalue weighted by Crippen LogP contribution is 2.52. The van der Waals surface area contributed by atoms with E-state index in [1.165, 1.54) is 12.8 Å². The Labute approximate surface area is 110 Å². The maximum absolute atomic E-state index is 11.3. The molecule has 2 nitrogen and oxygen atoms in total. The first-order valence-corrected chi connectivity index (χ1v) is 7.17. The zero-order chi connectivity index (χ0) is 12.6. The minimum atomic E-state index is -0.567. The van der Waals surface area contributed by atoms with E-state index in [0.717, 1.165) is 31.5 Å². The lowest BCUT2D eigenvalue weighted by Crippen LogP contribution is -2.43. The third-order valence-corrected chi connectivity index (χ3v) is 4.78. The lowest BCUT2D eigenvalue weighted by molar-refractivity contribution is -0.0653. The topological polar surface area (TPSA) is 23.5 Å². The first-order valence-electron chi connectivity index (χ1n) is 7.17. The number of hydrogen-bond donors (Lipinski definition) is 1. The molecule has 2 aliphatic rings. The SMILES string of the molecule is CN1CCC(C(O)(c2ccccc2)C2CC2)CC1. The van der Waals surface area contributed by atoms with E-state index < -0.39 is 5.60 Å². The molecule has 1 unspecified atom stereocenters. The molecule has 2 fully saturated rings. The number of aliphatic hydroxyl groups is 1. The number of rotatable bonds is 3. The molecule has 1 N–H and O–H groups in total. The number of hydrogen-bond acceptors (Lipinski definition) is 2. The molecular weight excluding hydrogens is 222 g/mol. The van der Waals surface area contributed by atoms with E-state index in [2.05, 4.69) is 36.2 Å². The van der Waals surface area contributed by atoms with Crippen LogP contribution in [0.25, 0.3) is 0 Å². The largest absolute Gasteiger partial charge is 0.385 e. The van der Waals surface area contributed by atoms with Crippen molar-refractivity contribution in [2.75, 3.05) is 20.1 Å². The molecule has 98 valence electrons. The van der Waals surface area contributed by atoms with Crippen LogP contribution in [0.5, 0.6) is 0 Å². The molecule has 1 heterocycles. The Morgan fingerprint density at radius 2 is 1.56 bits per heavy atom. The summed E-state index contributed by atoms with van der Waals surface area (Å²) in [6, 6.07) is 10.4. The Morgan fingerprint density at radius 3 is 2.11 bits per heavy atom. The zero-order valence-corrected chi connectivity index (χ0v) is 11.2. The molecule has 0 aromatic heterocycles. The summed E-state index contributed by atoms with van der Waals surface area (Å²) in [5.74, 6) is 0.928. The second kappa shape index (κ2) is 4.67. The van der Waals surface area contributed by atoms with Crippen LogP contribution in [0.3, 0.4) is 0 Å². The van der Waals surface area contributed by atoms with Gasteiger partial charge in [-0.25, -0.2) is 0 Å². The molecule has 1 aromatic rings. The minimum Gasteiger partial charge on any atom is -0.385 e. The molecule has 1 aromatic carbocycles. The van der Waals surface area contributed by atoms with Crippen molar-refractivity contribution in [3.63, 3.8) is 0 Å². The van der Waals surface area contributed by atoms with Crippen molar-refractivity contribution in [1.29, 1.82) is 0 Å². The molecule has 0 radical (unpaired) electrons. The maximum Gasteiger partial charge on any atom is 0.0953 e. The van der Waals surface area contributed by atoms with Crippen LogP contribution in [0.2, 0.25) is 0 Å². The van der Waals surface area contributed by atoms with Gasteiger partial charge in [0, 0.05) is 0 Å². The lowest BCUT2D eigenvalue weighted by atomic mass is 9.73. The van der Waals surface area contributed by atoms with Crippen LogP contribution in [-0.2, 0) is 5.60 Å². The van der Waals surface area contributed by atoms with Gasteiger partial charge in [-0.2, -0.15) is 0 Å². The second-order valence-corrected chi connectivity index (χ2v) is 6.04. The van der Waals surface area contributed by atoms with Gasteiger partial charge in [0.1, 0.15) is 0 Å². The van der Waals surface area contributed by atoms with Gasteiger partial charge in [-0.05, 0) is 63.2 Å². The lowest BCUT2D eigenvalue weighted by Gasteiger charge is -2.41. The average molecular weight is 245 g/mol. The van der Waals surface area contributed by atoms with Gasteiger partial charge in [0.15, 0.2) is 0 Å². The number of piperidine rings is 1. The van der Waals surface area contributed by atoms with E-state index in [-0.39, 0.29) is 0 Å². The first kappa shape index (κ1) is 12.2. The Bertz CT molecular complexity index is 393. The molecule has 2 heteroatoms. The fraction of sp³-hybridized carbons (Fsp3) is 0.625. The third-order valence-electron chi connectivity index (χ3n) is 4.78. The summed E-state index contributed by atoms with van der Waals surface area (Å²) in [4.78, 5) is 2.37. The predicted molar refractivity (Wildman–Crippen MR) is 73.3 cm³/mol. The highest BCUT2D eigenvalue weighted by atomic mass is 16.3. The summed E-state index contributed by atoms with van der Waals surface area (Å²) >= 11 is 0. The second-order valence-electron chi connectivity index (χ2n) is 6.04. The van der Waals surface area contributed by atoms with Crippen LogP contribution in [-0.4, -0.2) is 30.1 Å². The number of nitrogens with zero attached hydrogens (tertiary/aromatic N) is 1. The number of benzene rings is 1. The molecule has 1 aliphatic carbocycles. The highest BCUT2D eigenvalue weighted by Gasteiger charge is 2.50. The molecule has 1 aliphatic heterocycles. The summed E-state index contributed by atoms with van der Waals surface area (Å²) in [7, 11) is 2.18. The Balaban J connectivity index is 1.87. The third kappa shape index (κ3) is 2.08. The molecule has 0 amide bonds. The van der Waals surface area contributed by atoms with Gasteiger partial charge in [0.2, 0.25) is 0 Å². The van der Waals surface area contributed by atoms with Crippen LogP contribution >= 0.6 is 0 Å². The van der Waals surface area contributed by atoms with Gasteiger partial charge >= 0.3 is 0 Å². The van der Waals surface area contributed by atoms with Crippen LogP contribution < -0.4 is 0 Å². The Hall–Kier alpha value is -0.860. The quantitative estimate of drug-likeness (QED) is 0.885. The van der Waals surface area contributed by atoms with Crippen molar-refractivity contribution in [2.24, 2.45) is 11.8 Å². The van der Waals surface area contributed by atoms with Crippen molar-refractivity contribution in [2.45, 2.75) is 31.3 Å². The summed E-state index contributed by atoms with van der Waals surface area (Å²) in [6.45, 7) is 2.24. The van der Waals surface area contributed by atoms with Gasteiger partial charge in [-0.1, -0.05) is 30.3 Å². The smallest absolute Gasteiger partial charge is 0.0953 e. The van der Waals surface area contributed by atoms with Crippen LogP contribution in [0, 0.1) is 11.8 Å². The standard InChI is InChI=1S/C16H23NO/c1-17-11-9-15(10-12-17)16(18,14-7-8-14)13-5-3-2-4-6-13/h2-6,14-15,18H,7-12H2,1H3. The summed E-state index contributed by atoms with van der Waals surface area (Å²) in [5, 5.41) is 11.3. The highest BCUT2D eigenvalue weighted by molar-refractivity contribution is 5.26. The molecule has 1 saturated carbocycles. The van der Waals surface area contributed by atoms with E-state index in [4.69, 9.17) is 0 Å². The van der Waals surface area contributed by atoms with E-state index in [9.17, 15) is 5.11 Å². The molecule has 0 bridgehead atoms. The van der Waals surface area contributed by atoms with E-state index >= 15 is 0 Å².